The first-order valence-electron chi connectivity index (χ1n) is 20.0. The Bertz CT molecular complexity index is 1430. The topological polar surface area (TPSA) is 193 Å². The van der Waals surface area contributed by atoms with Crippen molar-refractivity contribution in [1.29, 1.82) is 0 Å². The summed E-state index contributed by atoms with van der Waals surface area (Å²) < 4.78 is 65.5. The summed E-state index contributed by atoms with van der Waals surface area (Å²) in [5.41, 5.74) is -1.76. The number of ketones is 1. The number of hydrogen-bond donors (Lipinski definition) is 1. The molecule has 4 rings (SSSR count). The highest BCUT2D eigenvalue weighted by Crippen LogP contribution is 2.39. The molecule has 4 aliphatic rings. The van der Waals surface area contributed by atoms with Crippen LogP contribution in [0.2, 0.25) is 0 Å². The third-order valence-corrected chi connectivity index (χ3v) is 11.2. The molecule has 3 saturated heterocycles. The number of esters is 3. The smallest absolute Gasteiger partial charge is 0.330 e. The molecular formula is C41H64O16. The fraction of sp³-hybridized carbons (Fsp3) is 0.805. The van der Waals surface area contributed by atoms with Crippen LogP contribution in [-0.4, -0.2) is 136 Å². The molecule has 0 aromatic rings. The van der Waals surface area contributed by atoms with E-state index in [2.05, 4.69) is 0 Å². The van der Waals surface area contributed by atoms with Gasteiger partial charge < -0.3 is 57.2 Å². The average molecular weight is 813 g/mol. The van der Waals surface area contributed by atoms with Crippen molar-refractivity contribution in [3.8, 4) is 0 Å². The zero-order chi connectivity index (χ0) is 42.2. The zero-order valence-electron chi connectivity index (χ0n) is 35.2. The van der Waals surface area contributed by atoms with E-state index >= 15 is 0 Å². The molecule has 16 unspecified atom stereocenters. The van der Waals surface area contributed by atoms with Gasteiger partial charge in [0, 0.05) is 59.0 Å². The second-order valence-electron chi connectivity index (χ2n) is 15.7. The van der Waals surface area contributed by atoms with Crippen LogP contribution in [0.5, 0.6) is 0 Å². The SMILES string of the molecule is CCC(=O)OC1C(OC)CC(C)OC1OC1C(C)C=CC(=O)OC(C)C(COC2OC(C)C(OC(=O)CC)C(OC)C2OC)C2OC2=CCC(=O)C(C)(O)CC1C. The number of epoxide rings is 1. The number of hydrogen-bond acceptors (Lipinski definition) is 16. The van der Waals surface area contributed by atoms with E-state index in [0.29, 0.717) is 12.2 Å². The molecule has 0 radical (unpaired) electrons. The van der Waals surface area contributed by atoms with E-state index in [-0.39, 0.29) is 38.4 Å². The quantitative estimate of drug-likeness (QED) is 0.170. The second kappa shape index (κ2) is 20.8. The van der Waals surface area contributed by atoms with Gasteiger partial charge in [-0.1, -0.05) is 33.8 Å². The molecule has 16 nitrogen and oxygen atoms in total. The summed E-state index contributed by atoms with van der Waals surface area (Å²) in [5, 5.41) is 11.5. The molecule has 57 heavy (non-hydrogen) atoms. The van der Waals surface area contributed by atoms with Crippen LogP contribution < -0.4 is 0 Å². The molecule has 0 bridgehead atoms. The minimum absolute atomic E-state index is 0.0108. The first-order valence-corrected chi connectivity index (χ1v) is 20.0. The van der Waals surface area contributed by atoms with Gasteiger partial charge in [0.1, 0.15) is 35.8 Å². The maximum atomic E-state index is 13.6. The van der Waals surface area contributed by atoms with Crippen molar-refractivity contribution >= 4 is 23.7 Å². The molecule has 1 N–H and O–H groups in total. The largest absolute Gasteiger partial charge is 0.483 e. The molecule has 16 heteroatoms. The second-order valence-corrected chi connectivity index (χ2v) is 15.7. The van der Waals surface area contributed by atoms with Gasteiger partial charge in [-0.2, -0.15) is 0 Å². The van der Waals surface area contributed by atoms with Crippen LogP contribution in [0.15, 0.2) is 24.0 Å². The monoisotopic (exact) mass is 812 g/mol. The number of ether oxygens (including phenoxy) is 11. The van der Waals surface area contributed by atoms with Gasteiger partial charge in [0.05, 0.1) is 30.8 Å². The van der Waals surface area contributed by atoms with Crippen molar-refractivity contribution in [3.05, 3.63) is 24.0 Å². The standard InChI is InChI=1S/C41H64O16/c1-12-30(43)55-34-25(7)53-39(38(49-11)37(34)48-10)50-20-26-24(6)52-32(45)17-14-21(3)33(22(4)19-41(8,46)29(42)16-15-27-35(26)54-27)57-40-36(56-31(44)13-2)28(47-9)18-23(5)51-40/h14-15,17,21-26,28,33-40,46H,12-13,16,18-20H2,1-11H3. The first-order chi connectivity index (χ1) is 27.0. The number of carbonyl (C=O) groups is 4. The van der Waals surface area contributed by atoms with Crippen LogP contribution in [0.1, 0.15) is 87.5 Å². The maximum absolute atomic E-state index is 13.6. The predicted molar refractivity (Wildman–Crippen MR) is 201 cm³/mol. The minimum Gasteiger partial charge on any atom is -0.483 e. The van der Waals surface area contributed by atoms with Crippen LogP contribution >= 0.6 is 0 Å². The lowest BCUT2D eigenvalue weighted by Crippen LogP contribution is -2.60. The number of methoxy groups -OCH3 is 3. The molecule has 324 valence electrons. The lowest BCUT2D eigenvalue weighted by molar-refractivity contribution is -0.307. The van der Waals surface area contributed by atoms with Crippen molar-refractivity contribution < 1.29 is 76.4 Å². The maximum Gasteiger partial charge on any atom is 0.330 e. The highest BCUT2D eigenvalue weighted by atomic mass is 16.7. The lowest BCUT2D eigenvalue weighted by atomic mass is 9.81. The van der Waals surface area contributed by atoms with E-state index in [1.165, 1.54) is 34.3 Å². The predicted octanol–water partition coefficient (Wildman–Crippen LogP) is 3.73. The number of Topliss-reactive ketones (excluding diaryl/α,β-unsaturated/α-hetero) is 1. The number of rotatable bonds is 12. The van der Waals surface area contributed by atoms with E-state index in [1.807, 2.05) is 20.8 Å². The molecule has 4 aliphatic heterocycles. The normalized spacial score (nSPS) is 40.6. The van der Waals surface area contributed by atoms with E-state index in [9.17, 15) is 24.3 Å². The summed E-state index contributed by atoms with van der Waals surface area (Å²) in [5.74, 6) is -2.90. The number of fused-ring (bicyclic) bond motifs is 1. The Balaban J connectivity index is 1.57. The summed E-state index contributed by atoms with van der Waals surface area (Å²) in [6.45, 7) is 13.8. The fourth-order valence-electron chi connectivity index (χ4n) is 7.83. The third kappa shape index (κ3) is 12.1. The molecule has 0 aromatic heterocycles. The van der Waals surface area contributed by atoms with Crippen molar-refractivity contribution in [2.75, 3.05) is 27.9 Å². The lowest BCUT2D eigenvalue weighted by Gasteiger charge is -2.44. The highest BCUT2D eigenvalue weighted by Gasteiger charge is 2.50. The van der Waals surface area contributed by atoms with E-state index in [4.69, 9.17) is 52.1 Å². The molecule has 0 amide bonds. The molecule has 16 atom stereocenters. The summed E-state index contributed by atoms with van der Waals surface area (Å²) in [7, 11) is 4.49. The van der Waals surface area contributed by atoms with Gasteiger partial charge in [0.15, 0.2) is 36.7 Å². The van der Waals surface area contributed by atoms with E-state index in [0.717, 1.165) is 0 Å². The van der Waals surface area contributed by atoms with Gasteiger partial charge in [-0.05, 0) is 46.1 Å². The van der Waals surface area contributed by atoms with Gasteiger partial charge in [0.25, 0.3) is 0 Å². The van der Waals surface area contributed by atoms with Crippen LogP contribution in [-0.2, 0) is 71.3 Å². The number of aliphatic hydroxyl groups is 1. The molecule has 0 aliphatic carbocycles. The first kappa shape index (κ1) is 46.7. The zero-order valence-corrected chi connectivity index (χ0v) is 35.2. The Morgan fingerprint density at radius 2 is 1.47 bits per heavy atom. The third-order valence-electron chi connectivity index (χ3n) is 11.2. The molecule has 4 heterocycles. The summed E-state index contributed by atoms with van der Waals surface area (Å²) in [6, 6.07) is 0. The Kier molecular flexibility index (Phi) is 17.1. The number of carbonyl (C=O) groups excluding carboxylic acids is 4. The van der Waals surface area contributed by atoms with Gasteiger partial charge in [0.2, 0.25) is 0 Å². The van der Waals surface area contributed by atoms with Crippen LogP contribution in [0.3, 0.4) is 0 Å². The van der Waals surface area contributed by atoms with Crippen LogP contribution in [0, 0.1) is 17.8 Å². The summed E-state index contributed by atoms with van der Waals surface area (Å²) >= 11 is 0. The van der Waals surface area contributed by atoms with E-state index in [1.54, 1.807) is 39.8 Å². The Morgan fingerprint density at radius 1 is 0.825 bits per heavy atom. The van der Waals surface area contributed by atoms with E-state index < -0.39 is 115 Å². The fourth-order valence-corrected chi connectivity index (χ4v) is 7.83. The minimum atomic E-state index is -1.76. The molecule has 0 saturated carbocycles. The highest BCUT2D eigenvalue weighted by molar-refractivity contribution is 5.88. The van der Waals surface area contributed by atoms with Crippen molar-refractivity contribution in [2.45, 2.75) is 167 Å². The molecular weight excluding hydrogens is 748 g/mol. The average Bonchev–Trinajstić information content (AvgIpc) is 3.94. The van der Waals surface area contributed by atoms with Gasteiger partial charge in [-0.25, -0.2) is 4.79 Å². The van der Waals surface area contributed by atoms with Crippen LogP contribution in [0.4, 0.5) is 0 Å². The molecule has 0 spiro atoms. The van der Waals surface area contributed by atoms with Crippen molar-refractivity contribution in [1.82, 2.24) is 0 Å². The Morgan fingerprint density at radius 3 is 2.09 bits per heavy atom. The number of allylic oxidation sites excluding steroid dienone is 1. The van der Waals surface area contributed by atoms with Gasteiger partial charge in [-0.3, -0.25) is 14.4 Å². The summed E-state index contributed by atoms with van der Waals surface area (Å²) in [4.78, 5) is 51.6. The van der Waals surface area contributed by atoms with Crippen molar-refractivity contribution in [3.63, 3.8) is 0 Å². The van der Waals surface area contributed by atoms with Crippen molar-refractivity contribution in [2.24, 2.45) is 17.8 Å². The van der Waals surface area contributed by atoms with Gasteiger partial charge >= 0.3 is 17.9 Å². The number of cyclic esters (lactones) is 1. The molecule has 3 fully saturated rings. The van der Waals surface area contributed by atoms with Crippen LogP contribution in [0.25, 0.3) is 0 Å². The Labute approximate surface area is 336 Å². The van der Waals surface area contributed by atoms with Gasteiger partial charge in [-0.15, -0.1) is 0 Å². The molecule has 0 aromatic carbocycles. The summed E-state index contributed by atoms with van der Waals surface area (Å²) in [6.07, 6.45) is -3.25. The Hall–Kier alpha value is -2.96.